The Bertz CT molecular complexity index is 467. The SMILES string of the molecule is CC(C)(N)c1cccc(B2OC(C)(C)C(C)(C)O2)c1.Cl. The van der Waals surface area contributed by atoms with Gasteiger partial charge in [-0.05, 0) is 52.6 Å². The maximum absolute atomic E-state index is 6.15. The molecule has 0 saturated carbocycles. The van der Waals surface area contributed by atoms with Gasteiger partial charge in [-0.2, -0.15) is 0 Å². The summed E-state index contributed by atoms with van der Waals surface area (Å²) in [6.45, 7) is 12.2. The molecular weight excluding hydrogens is 272 g/mol. The first-order valence-corrected chi connectivity index (χ1v) is 6.78. The second-order valence-corrected chi connectivity index (χ2v) is 6.94. The number of hydrogen-bond acceptors (Lipinski definition) is 3. The molecule has 20 heavy (non-hydrogen) atoms. The average molecular weight is 298 g/mol. The predicted molar refractivity (Wildman–Crippen MR) is 86.6 cm³/mol. The molecule has 1 aromatic carbocycles. The Morgan fingerprint density at radius 2 is 1.55 bits per heavy atom. The Balaban J connectivity index is 0.00000200. The Labute approximate surface area is 128 Å². The lowest BCUT2D eigenvalue weighted by atomic mass is 9.77. The van der Waals surface area contributed by atoms with Crippen molar-refractivity contribution in [3.63, 3.8) is 0 Å². The van der Waals surface area contributed by atoms with Crippen LogP contribution in [0.2, 0.25) is 0 Å². The molecule has 0 spiro atoms. The molecule has 3 nitrogen and oxygen atoms in total. The van der Waals surface area contributed by atoms with Crippen LogP contribution in [-0.2, 0) is 14.8 Å². The summed E-state index contributed by atoms with van der Waals surface area (Å²) in [4.78, 5) is 0. The lowest BCUT2D eigenvalue weighted by molar-refractivity contribution is 0.00578. The average Bonchev–Trinajstić information content (AvgIpc) is 2.47. The van der Waals surface area contributed by atoms with E-state index in [1.165, 1.54) is 0 Å². The molecule has 1 heterocycles. The molecule has 1 aliphatic rings. The summed E-state index contributed by atoms with van der Waals surface area (Å²) >= 11 is 0. The van der Waals surface area contributed by atoms with Gasteiger partial charge in [-0.1, -0.05) is 24.3 Å². The lowest BCUT2D eigenvalue weighted by Gasteiger charge is -2.32. The van der Waals surface area contributed by atoms with E-state index in [1.54, 1.807) is 0 Å². The molecule has 0 amide bonds. The summed E-state index contributed by atoms with van der Waals surface area (Å²) in [6, 6.07) is 8.14. The monoisotopic (exact) mass is 297 g/mol. The minimum absolute atomic E-state index is 0. The normalized spacial score (nSPS) is 20.6. The molecule has 0 aromatic heterocycles. The summed E-state index contributed by atoms with van der Waals surface area (Å²) < 4.78 is 12.1. The summed E-state index contributed by atoms with van der Waals surface area (Å²) in [5.41, 5.74) is 7.27. The van der Waals surface area contributed by atoms with E-state index < -0.39 is 0 Å². The zero-order valence-corrected chi connectivity index (χ0v) is 14.0. The molecule has 0 unspecified atom stereocenters. The molecule has 112 valence electrons. The third-order valence-electron chi connectivity index (χ3n) is 4.16. The van der Waals surface area contributed by atoms with E-state index >= 15 is 0 Å². The fraction of sp³-hybridized carbons (Fsp3) is 0.600. The molecule has 1 aromatic rings. The van der Waals surface area contributed by atoms with Crippen LogP contribution in [0.5, 0.6) is 0 Å². The first kappa shape index (κ1) is 17.5. The van der Waals surface area contributed by atoms with Gasteiger partial charge < -0.3 is 15.0 Å². The number of rotatable bonds is 2. The Hall–Kier alpha value is -0.545. The van der Waals surface area contributed by atoms with Crippen LogP contribution in [0.3, 0.4) is 0 Å². The van der Waals surface area contributed by atoms with E-state index in [9.17, 15) is 0 Å². The quantitative estimate of drug-likeness (QED) is 0.854. The number of benzene rings is 1. The predicted octanol–water partition coefficient (Wildman–Crippen LogP) is 2.60. The van der Waals surface area contributed by atoms with Crippen molar-refractivity contribution >= 4 is 25.0 Å². The molecule has 2 rings (SSSR count). The summed E-state index contributed by atoms with van der Waals surface area (Å²) in [7, 11) is -0.327. The van der Waals surface area contributed by atoms with Gasteiger partial charge in [0.2, 0.25) is 0 Å². The number of hydrogen-bond donors (Lipinski definition) is 1. The maximum Gasteiger partial charge on any atom is 0.494 e. The summed E-state index contributed by atoms with van der Waals surface area (Å²) in [6.07, 6.45) is 0. The van der Waals surface area contributed by atoms with Gasteiger partial charge in [0.15, 0.2) is 0 Å². The zero-order valence-electron chi connectivity index (χ0n) is 13.2. The second-order valence-electron chi connectivity index (χ2n) is 6.94. The van der Waals surface area contributed by atoms with Crippen LogP contribution < -0.4 is 11.2 Å². The van der Waals surface area contributed by atoms with Gasteiger partial charge >= 0.3 is 7.12 Å². The highest BCUT2D eigenvalue weighted by Gasteiger charge is 2.51. The molecule has 0 radical (unpaired) electrons. The van der Waals surface area contributed by atoms with E-state index in [-0.39, 0.29) is 36.3 Å². The van der Waals surface area contributed by atoms with Gasteiger partial charge in [-0.3, -0.25) is 0 Å². The maximum atomic E-state index is 6.15. The van der Waals surface area contributed by atoms with Crippen molar-refractivity contribution in [2.24, 2.45) is 5.73 Å². The van der Waals surface area contributed by atoms with E-state index in [0.717, 1.165) is 11.0 Å². The standard InChI is InChI=1S/C15H24BNO2.ClH/c1-13(2,17)11-8-7-9-12(10-11)16-18-14(3,4)15(5,6)19-16;/h7-10H,17H2,1-6H3;1H. The van der Waals surface area contributed by atoms with Crippen LogP contribution in [-0.4, -0.2) is 18.3 Å². The Morgan fingerprint density at radius 1 is 1.05 bits per heavy atom. The molecule has 0 bridgehead atoms. The van der Waals surface area contributed by atoms with Gasteiger partial charge in [0, 0.05) is 5.54 Å². The minimum atomic E-state index is -0.361. The molecular formula is C15H25BClNO2. The van der Waals surface area contributed by atoms with Gasteiger partial charge in [0.05, 0.1) is 11.2 Å². The first-order chi connectivity index (χ1) is 8.53. The largest absolute Gasteiger partial charge is 0.494 e. The van der Waals surface area contributed by atoms with Crippen molar-refractivity contribution in [3.8, 4) is 0 Å². The van der Waals surface area contributed by atoms with Crippen LogP contribution in [0.4, 0.5) is 0 Å². The van der Waals surface area contributed by atoms with E-state index in [2.05, 4.69) is 33.8 Å². The van der Waals surface area contributed by atoms with Gasteiger partial charge in [-0.25, -0.2) is 0 Å². The Morgan fingerprint density at radius 3 is 2.00 bits per heavy atom. The van der Waals surface area contributed by atoms with Gasteiger partial charge in [0.1, 0.15) is 0 Å². The third-order valence-corrected chi connectivity index (χ3v) is 4.16. The highest BCUT2D eigenvalue weighted by molar-refractivity contribution is 6.62. The van der Waals surface area contributed by atoms with Gasteiger partial charge in [0.25, 0.3) is 0 Å². The highest BCUT2D eigenvalue weighted by Crippen LogP contribution is 2.36. The molecule has 2 N–H and O–H groups in total. The van der Waals surface area contributed by atoms with Crippen molar-refractivity contribution in [1.29, 1.82) is 0 Å². The fourth-order valence-electron chi connectivity index (χ4n) is 2.07. The summed E-state index contributed by atoms with van der Waals surface area (Å²) in [5, 5.41) is 0. The molecule has 1 fully saturated rings. The smallest absolute Gasteiger partial charge is 0.399 e. The lowest BCUT2D eigenvalue weighted by Crippen LogP contribution is -2.41. The van der Waals surface area contributed by atoms with Crippen LogP contribution >= 0.6 is 12.4 Å². The summed E-state index contributed by atoms with van der Waals surface area (Å²) in [5.74, 6) is 0. The van der Waals surface area contributed by atoms with Crippen molar-refractivity contribution < 1.29 is 9.31 Å². The van der Waals surface area contributed by atoms with Crippen molar-refractivity contribution in [2.75, 3.05) is 0 Å². The van der Waals surface area contributed by atoms with Crippen molar-refractivity contribution in [2.45, 2.75) is 58.3 Å². The molecule has 0 aliphatic carbocycles. The van der Waals surface area contributed by atoms with E-state index in [4.69, 9.17) is 15.0 Å². The van der Waals surface area contributed by atoms with Crippen LogP contribution in [0, 0.1) is 0 Å². The van der Waals surface area contributed by atoms with Crippen molar-refractivity contribution in [1.82, 2.24) is 0 Å². The zero-order chi connectivity index (χ0) is 14.5. The Kier molecular flexibility index (Phi) is 4.67. The molecule has 1 saturated heterocycles. The van der Waals surface area contributed by atoms with E-state index in [1.807, 2.05) is 32.0 Å². The first-order valence-electron chi connectivity index (χ1n) is 6.78. The van der Waals surface area contributed by atoms with Crippen LogP contribution in [0.15, 0.2) is 24.3 Å². The number of halogens is 1. The van der Waals surface area contributed by atoms with Crippen LogP contribution in [0.1, 0.15) is 47.1 Å². The molecule has 1 aliphatic heterocycles. The van der Waals surface area contributed by atoms with Crippen molar-refractivity contribution in [3.05, 3.63) is 29.8 Å². The number of nitrogens with two attached hydrogens (primary N) is 1. The van der Waals surface area contributed by atoms with Gasteiger partial charge in [-0.15, -0.1) is 12.4 Å². The van der Waals surface area contributed by atoms with Crippen LogP contribution in [0.25, 0.3) is 0 Å². The topological polar surface area (TPSA) is 44.5 Å². The molecule has 5 heteroatoms. The third kappa shape index (κ3) is 3.20. The van der Waals surface area contributed by atoms with E-state index in [0.29, 0.717) is 0 Å². The fourth-order valence-corrected chi connectivity index (χ4v) is 2.07. The second kappa shape index (κ2) is 5.34. The highest BCUT2D eigenvalue weighted by atomic mass is 35.5. The minimum Gasteiger partial charge on any atom is -0.399 e. The molecule has 0 atom stereocenters.